The number of fused-ring (bicyclic) bond motifs is 8. The molecule has 0 spiro atoms. The van der Waals surface area contributed by atoms with Gasteiger partial charge in [0.2, 0.25) is 5.89 Å². The summed E-state index contributed by atoms with van der Waals surface area (Å²) in [6.07, 6.45) is 0. The smallest absolute Gasteiger partial charge is 0.227 e. The molecule has 3 aromatic heterocycles. The Kier molecular flexibility index (Phi) is 6.79. The van der Waals surface area contributed by atoms with Crippen LogP contribution in [-0.4, -0.2) is 4.98 Å². The summed E-state index contributed by atoms with van der Waals surface area (Å²) in [5.41, 5.74) is 13.4. The molecule has 0 radical (unpaired) electrons. The molecule has 0 aliphatic heterocycles. The van der Waals surface area contributed by atoms with Gasteiger partial charge in [-0.15, -0.1) is 0 Å². The molecule has 0 unspecified atom stereocenters. The Balaban J connectivity index is 1.09. The van der Waals surface area contributed by atoms with Crippen LogP contribution >= 0.6 is 0 Å². The van der Waals surface area contributed by atoms with Crippen LogP contribution in [0, 0.1) is 0 Å². The molecule has 3 heterocycles. The second-order valence-corrected chi connectivity index (χ2v) is 13.5. The summed E-state index contributed by atoms with van der Waals surface area (Å²) in [4.78, 5) is 7.25. The molecule has 0 saturated heterocycles. The monoisotopic (exact) mass is 694 g/mol. The third kappa shape index (κ3) is 4.83. The fraction of sp³-hybridized carbons (Fsp3) is 0. The summed E-state index contributed by atoms with van der Waals surface area (Å²) in [6, 6.07) is 62.8. The third-order valence-electron chi connectivity index (χ3n) is 10.3. The molecule has 0 atom stereocenters. The topological polar surface area (TPSA) is 55.6 Å². The van der Waals surface area contributed by atoms with Gasteiger partial charge in [0.05, 0.1) is 16.5 Å². The van der Waals surface area contributed by atoms with E-state index in [1.807, 2.05) is 60.7 Å². The summed E-state index contributed by atoms with van der Waals surface area (Å²) in [6.45, 7) is 0. The molecule has 0 aliphatic carbocycles. The Morgan fingerprint density at radius 2 is 0.963 bits per heavy atom. The second-order valence-electron chi connectivity index (χ2n) is 13.5. The Labute approximate surface area is 309 Å². The van der Waals surface area contributed by atoms with Gasteiger partial charge in [-0.1, -0.05) is 109 Å². The van der Waals surface area contributed by atoms with Gasteiger partial charge in [-0.25, -0.2) is 4.98 Å². The van der Waals surface area contributed by atoms with Gasteiger partial charge < -0.3 is 18.2 Å². The number of para-hydroxylation sites is 1. The molecule has 5 nitrogen and oxygen atoms in total. The summed E-state index contributed by atoms with van der Waals surface area (Å²) >= 11 is 0. The van der Waals surface area contributed by atoms with Gasteiger partial charge in [0.25, 0.3) is 0 Å². The van der Waals surface area contributed by atoms with E-state index in [1.54, 1.807) is 0 Å². The summed E-state index contributed by atoms with van der Waals surface area (Å²) in [5, 5.41) is 4.03. The normalized spacial score (nSPS) is 11.7. The van der Waals surface area contributed by atoms with Crippen molar-refractivity contribution in [2.45, 2.75) is 0 Å². The van der Waals surface area contributed by atoms with E-state index in [-0.39, 0.29) is 0 Å². The van der Waals surface area contributed by atoms with Crippen molar-refractivity contribution >= 4 is 72.0 Å². The minimum absolute atomic E-state index is 0.588. The predicted molar refractivity (Wildman–Crippen MR) is 220 cm³/mol. The van der Waals surface area contributed by atoms with E-state index in [0.717, 1.165) is 83.2 Å². The van der Waals surface area contributed by atoms with Crippen molar-refractivity contribution in [1.82, 2.24) is 4.98 Å². The van der Waals surface area contributed by atoms with Crippen molar-refractivity contribution in [2.75, 3.05) is 4.90 Å². The van der Waals surface area contributed by atoms with Crippen LogP contribution in [0.3, 0.4) is 0 Å². The van der Waals surface area contributed by atoms with Crippen LogP contribution in [0.4, 0.5) is 17.1 Å². The molecule has 11 rings (SSSR count). The molecule has 0 fully saturated rings. The van der Waals surface area contributed by atoms with Crippen LogP contribution in [0.1, 0.15) is 0 Å². The van der Waals surface area contributed by atoms with E-state index in [9.17, 15) is 0 Å². The zero-order valence-electron chi connectivity index (χ0n) is 28.9. The van der Waals surface area contributed by atoms with Crippen LogP contribution in [-0.2, 0) is 0 Å². The SMILES string of the molecule is c1ccc(-c2nc3c(ccc4oc5cc(N(c6ccc(-c7ccccc7-c7ccccc7)cc6)c6cccc7oc8ccccc8c67)ccc5c43)o2)cc1. The van der Waals surface area contributed by atoms with Gasteiger partial charge in [-0.2, -0.15) is 0 Å². The summed E-state index contributed by atoms with van der Waals surface area (Å²) in [7, 11) is 0. The van der Waals surface area contributed by atoms with Gasteiger partial charge in [-0.3, -0.25) is 0 Å². The lowest BCUT2D eigenvalue weighted by molar-refractivity contribution is 0.619. The number of nitrogens with zero attached hydrogens (tertiary/aromatic N) is 2. The Morgan fingerprint density at radius 3 is 1.76 bits per heavy atom. The molecule has 254 valence electrons. The average molecular weight is 695 g/mol. The van der Waals surface area contributed by atoms with Crippen molar-refractivity contribution in [3.05, 3.63) is 182 Å². The molecule has 0 amide bonds. The van der Waals surface area contributed by atoms with Gasteiger partial charge in [-0.05, 0) is 89.0 Å². The highest BCUT2D eigenvalue weighted by Gasteiger charge is 2.22. The number of hydrogen-bond acceptors (Lipinski definition) is 5. The fourth-order valence-electron chi connectivity index (χ4n) is 7.85. The summed E-state index contributed by atoms with van der Waals surface area (Å²) < 4.78 is 19.2. The molecule has 0 saturated carbocycles. The Hall–Kier alpha value is -7.37. The number of aromatic nitrogens is 1. The largest absolute Gasteiger partial charge is 0.456 e. The van der Waals surface area contributed by atoms with E-state index < -0.39 is 0 Å². The third-order valence-corrected chi connectivity index (χ3v) is 10.3. The number of oxazole rings is 1. The van der Waals surface area contributed by atoms with E-state index in [0.29, 0.717) is 5.89 Å². The highest BCUT2D eigenvalue weighted by Crippen LogP contribution is 2.45. The molecular formula is C49H30N2O3. The average Bonchev–Trinajstić information content (AvgIpc) is 3.95. The quantitative estimate of drug-likeness (QED) is 0.173. The summed E-state index contributed by atoms with van der Waals surface area (Å²) in [5.74, 6) is 0.588. The maximum atomic E-state index is 6.59. The number of hydrogen-bond donors (Lipinski definition) is 0. The minimum Gasteiger partial charge on any atom is -0.456 e. The van der Waals surface area contributed by atoms with Crippen LogP contribution in [0.2, 0.25) is 0 Å². The fourth-order valence-corrected chi connectivity index (χ4v) is 7.85. The molecule has 5 heteroatoms. The second kappa shape index (κ2) is 12.1. The molecule has 11 aromatic rings. The van der Waals surface area contributed by atoms with Gasteiger partial charge in [0.15, 0.2) is 5.58 Å². The van der Waals surface area contributed by atoms with Gasteiger partial charge >= 0.3 is 0 Å². The highest BCUT2D eigenvalue weighted by molar-refractivity contribution is 6.18. The highest BCUT2D eigenvalue weighted by atomic mass is 16.4. The lowest BCUT2D eigenvalue weighted by atomic mass is 9.94. The van der Waals surface area contributed by atoms with E-state index in [1.165, 1.54) is 16.7 Å². The van der Waals surface area contributed by atoms with E-state index in [2.05, 4.69) is 126 Å². The molecule has 0 aliphatic rings. The Morgan fingerprint density at radius 1 is 0.370 bits per heavy atom. The number of anilines is 3. The Bertz CT molecular complexity index is 3160. The van der Waals surface area contributed by atoms with Gasteiger partial charge in [0.1, 0.15) is 27.8 Å². The first kappa shape index (κ1) is 30.3. The molecule has 8 aromatic carbocycles. The van der Waals surface area contributed by atoms with Crippen molar-refractivity contribution in [1.29, 1.82) is 0 Å². The first-order valence-corrected chi connectivity index (χ1v) is 18.0. The molecular weight excluding hydrogens is 665 g/mol. The van der Waals surface area contributed by atoms with Crippen molar-refractivity contribution < 1.29 is 13.3 Å². The number of furan rings is 2. The van der Waals surface area contributed by atoms with Crippen LogP contribution in [0.5, 0.6) is 0 Å². The molecule has 0 bridgehead atoms. The zero-order valence-corrected chi connectivity index (χ0v) is 28.9. The standard InChI is InChI=1S/C49H30N2O3/c1-3-12-31(13-4-1)36-16-7-8-17-37(36)32-22-24-34(25-23-32)51(40-19-11-21-42-46(40)38-18-9-10-20-41(38)52-42)35-26-27-39-45(30-35)53-43-28-29-44-48(47(39)43)50-49(54-44)33-14-5-2-6-15-33/h1-30H. The lowest BCUT2D eigenvalue weighted by Gasteiger charge is -2.26. The van der Waals surface area contributed by atoms with Gasteiger partial charge in [0, 0.05) is 33.8 Å². The maximum absolute atomic E-state index is 6.59. The molecule has 54 heavy (non-hydrogen) atoms. The first-order chi connectivity index (χ1) is 26.8. The minimum atomic E-state index is 0.588. The van der Waals surface area contributed by atoms with Crippen molar-refractivity contribution in [3.8, 4) is 33.7 Å². The maximum Gasteiger partial charge on any atom is 0.227 e. The predicted octanol–water partition coefficient (Wildman–Crippen LogP) is 14.1. The van der Waals surface area contributed by atoms with Crippen LogP contribution in [0.15, 0.2) is 195 Å². The zero-order chi connectivity index (χ0) is 35.6. The van der Waals surface area contributed by atoms with Crippen LogP contribution in [0.25, 0.3) is 88.7 Å². The van der Waals surface area contributed by atoms with Crippen LogP contribution < -0.4 is 4.90 Å². The molecule has 0 N–H and O–H groups in total. The van der Waals surface area contributed by atoms with E-state index in [4.69, 9.17) is 18.2 Å². The van der Waals surface area contributed by atoms with Crippen molar-refractivity contribution in [3.63, 3.8) is 0 Å². The number of benzene rings is 8. The lowest BCUT2D eigenvalue weighted by Crippen LogP contribution is -2.10. The first-order valence-electron chi connectivity index (χ1n) is 18.0. The van der Waals surface area contributed by atoms with Crippen molar-refractivity contribution in [2.24, 2.45) is 0 Å². The van der Waals surface area contributed by atoms with E-state index >= 15 is 0 Å². The number of rotatable bonds is 6.